The van der Waals surface area contributed by atoms with E-state index >= 15 is 0 Å². The number of anilines is 1. The van der Waals surface area contributed by atoms with Crippen molar-refractivity contribution in [2.75, 3.05) is 12.4 Å². The van der Waals surface area contributed by atoms with Crippen molar-refractivity contribution in [3.8, 4) is 0 Å². The molecule has 1 amide bonds. The van der Waals surface area contributed by atoms with Gasteiger partial charge in [0.2, 0.25) is 5.91 Å². The highest BCUT2D eigenvalue weighted by Gasteiger charge is 2.40. The smallest absolute Gasteiger partial charge is 0.280 e. The second-order valence-electron chi connectivity index (χ2n) is 6.23. The lowest BCUT2D eigenvalue weighted by Gasteiger charge is -2.36. The molecule has 2 aromatic carbocycles. The molecule has 28 heavy (non-hydrogen) atoms. The van der Waals surface area contributed by atoms with E-state index < -0.39 is 45.7 Å². The number of rotatable bonds is 3. The van der Waals surface area contributed by atoms with E-state index in [1.165, 1.54) is 25.2 Å². The number of amides is 1. The number of nitrogens with one attached hydrogen (secondary N) is 2. The minimum atomic E-state index is -4.06. The van der Waals surface area contributed by atoms with Crippen LogP contribution in [0.2, 0.25) is 5.02 Å². The molecule has 3 rings (SSSR count). The quantitative estimate of drug-likeness (QED) is 0.781. The summed E-state index contributed by atoms with van der Waals surface area (Å²) in [5, 5.41) is 2.28. The molecule has 2 N–H and O–H groups in total. The van der Waals surface area contributed by atoms with Gasteiger partial charge in [0, 0.05) is 12.7 Å². The van der Waals surface area contributed by atoms with Crippen LogP contribution in [-0.4, -0.2) is 31.7 Å². The van der Waals surface area contributed by atoms with Crippen LogP contribution in [0.3, 0.4) is 0 Å². The third-order valence-electron chi connectivity index (χ3n) is 4.40. The number of nitrogens with zero attached hydrogens (tertiary/aromatic N) is 1. The minimum absolute atomic E-state index is 0.0401. The Labute approximate surface area is 164 Å². The van der Waals surface area contributed by atoms with Crippen LogP contribution in [0.15, 0.2) is 36.4 Å². The number of halogens is 4. The predicted octanol–water partition coefficient (Wildman–Crippen LogP) is 2.98. The van der Waals surface area contributed by atoms with E-state index in [1.807, 2.05) is 0 Å². The van der Waals surface area contributed by atoms with Crippen LogP contribution in [0.25, 0.3) is 0 Å². The molecule has 150 valence electrons. The lowest BCUT2D eigenvalue weighted by molar-refractivity contribution is -0.120. The van der Waals surface area contributed by atoms with E-state index in [0.29, 0.717) is 0 Å². The number of carbonyl (C=O) groups excluding carboxylic acids is 1. The minimum Gasteiger partial charge on any atom is -0.325 e. The van der Waals surface area contributed by atoms with Crippen molar-refractivity contribution in [2.24, 2.45) is 0 Å². The van der Waals surface area contributed by atoms with Crippen LogP contribution < -0.4 is 10.0 Å². The highest BCUT2D eigenvalue weighted by molar-refractivity contribution is 7.87. The fraction of sp³-hybridized carbons (Fsp3) is 0.235. The maximum Gasteiger partial charge on any atom is 0.280 e. The third-order valence-corrected chi connectivity index (χ3v) is 6.29. The molecule has 11 heteroatoms. The predicted molar refractivity (Wildman–Crippen MR) is 97.4 cm³/mol. The Morgan fingerprint density at radius 1 is 1.14 bits per heavy atom. The van der Waals surface area contributed by atoms with Crippen molar-refractivity contribution >= 4 is 33.4 Å². The lowest BCUT2D eigenvalue weighted by atomic mass is 9.99. The van der Waals surface area contributed by atoms with E-state index in [2.05, 4.69) is 10.0 Å². The van der Waals surface area contributed by atoms with Crippen molar-refractivity contribution in [2.45, 2.75) is 18.5 Å². The Morgan fingerprint density at radius 2 is 1.82 bits per heavy atom. The van der Waals surface area contributed by atoms with Gasteiger partial charge in [0.15, 0.2) is 11.6 Å². The van der Waals surface area contributed by atoms with Crippen LogP contribution >= 0.6 is 11.6 Å². The van der Waals surface area contributed by atoms with Gasteiger partial charge in [0.1, 0.15) is 11.9 Å². The molecule has 0 unspecified atom stereocenters. The third kappa shape index (κ3) is 4.14. The Bertz CT molecular complexity index is 1040. The molecule has 0 spiro atoms. The fourth-order valence-electron chi connectivity index (χ4n) is 2.86. The SMILES string of the molecule is CN1[C@H](C(=O)Nc2ccc(F)c(Cl)c2)C[C@H](c2ccc(F)c(F)c2)NS1(=O)=O. The Kier molecular flexibility index (Phi) is 5.67. The first-order valence-electron chi connectivity index (χ1n) is 8.04. The van der Waals surface area contributed by atoms with Gasteiger partial charge >= 0.3 is 0 Å². The highest BCUT2D eigenvalue weighted by Crippen LogP contribution is 2.29. The zero-order valence-corrected chi connectivity index (χ0v) is 16.0. The normalized spacial score (nSPS) is 22.0. The molecule has 1 aliphatic rings. The topological polar surface area (TPSA) is 78.5 Å². The molecule has 0 bridgehead atoms. The molecule has 1 saturated heterocycles. The van der Waals surface area contributed by atoms with Crippen LogP contribution in [0, 0.1) is 17.5 Å². The fourth-order valence-corrected chi connectivity index (χ4v) is 4.31. The molecule has 0 radical (unpaired) electrons. The van der Waals surface area contributed by atoms with E-state index in [0.717, 1.165) is 22.5 Å². The Balaban J connectivity index is 1.86. The van der Waals surface area contributed by atoms with Gasteiger partial charge in [-0.1, -0.05) is 17.7 Å². The van der Waals surface area contributed by atoms with Crippen molar-refractivity contribution in [3.05, 3.63) is 64.4 Å². The van der Waals surface area contributed by atoms with Crippen LogP contribution in [0.4, 0.5) is 18.9 Å². The van der Waals surface area contributed by atoms with E-state index in [1.54, 1.807) is 0 Å². The first kappa shape index (κ1) is 20.6. The summed E-state index contributed by atoms with van der Waals surface area (Å²) in [6.07, 6.45) is -0.0401. The summed E-state index contributed by atoms with van der Waals surface area (Å²) in [6.45, 7) is 0. The lowest BCUT2D eigenvalue weighted by Crippen LogP contribution is -2.55. The van der Waals surface area contributed by atoms with Crippen LogP contribution in [0.1, 0.15) is 18.0 Å². The molecular weight excluding hydrogens is 419 g/mol. The molecule has 1 fully saturated rings. The molecular formula is C17H15ClF3N3O3S. The van der Waals surface area contributed by atoms with Crippen molar-refractivity contribution < 1.29 is 26.4 Å². The summed E-state index contributed by atoms with van der Waals surface area (Å²) in [5.41, 5.74) is 0.364. The van der Waals surface area contributed by atoms with E-state index in [9.17, 15) is 26.4 Å². The maximum absolute atomic E-state index is 13.5. The van der Waals surface area contributed by atoms with Gasteiger partial charge in [-0.15, -0.1) is 0 Å². The number of likely N-dealkylation sites (N-methyl/N-ethyl adjacent to an activating group) is 1. The van der Waals surface area contributed by atoms with Gasteiger partial charge in [0.05, 0.1) is 11.1 Å². The zero-order chi connectivity index (χ0) is 20.6. The van der Waals surface area contributed by atoms with Gasteiger partial charge in [-0.05, 0) is 42.3 Å². The first-order valence-corrected chi connectivity index (χ1v) is 9.86. The summed E-state index contributed by atoms with van der Waals surface area (Å²) >= 11 is 5.68. The molecule has 0 saturated carbocycles. The molecule has 0 aliphatic carbocycles. The maximum atomic E-state index is 13.5. The Morgan fingerprint density at radius 3 is 2.46 bits per heavy atom. The monoisotopic (exact) mass is 433 g/mol. The Hall–Kier alpha value is -2.14. The van der Waals surface area contributed by atoms with E-state index in [-0.39, 0.29) is 22.7 Å². The molecule has 2 aromatic rings. The number of hydrogen-bond donors (Lipinski definition) is 2. The summed E-state index contributed by atoms with van der Waals surface area (Å²) < 4.78 is 67.9. The first-order chi connectivity index (χ1) is 13.1. The summed E-state index contributed by atoms with van der Waals surface area (Å²) in [5.74, 6) is -3.54. The average molecular weight is 434 g/mol. The zero-order valence-electron chi connectivity index (χ0n) is 14.4. The van der Waals surface area contributed by atoms with Crippen molar-refractivity contribution in [1.29, 1.82) is 0 Å². The molecule has 1 heterocycles. The van der Waals surface area contributed by atoms with E-state index in [4.69, 9.17) is 11.6 Å². The average Bonchev–Trinajstić information content (AvgIpc) is 2.62. The standard InChI is InChI=1S/C17H15ClF3N3O3S/c1-24-16(17(25)22-10-3-5-12(19)11(18)7-10)8-15(23-28(24,26)27)9-2-4-13(20)14(21)6-9/h2-7,15-16,23H,8H2,1H3,(H,22,25)/t15-,16+/m1/s1. The molecule has 6 nitrogen and oxygen atoms in total. The highest BCUT2D eigenvalue weighted by atomic mass is 35.5. The number of hydrogen-bond acceptors (Lipinski definition) is 3. The molecule has 0 aromatic heterocycles. The van der Waals surface area contributed by atoms with Gasteiger partial charge in [-0.25, -0.2) is 13.2 Å². The number of carbonyl (C=O) groups is 1. The molecule has 1 aliphatic heterocycles. The van der Waals surface area contributed by atoms with Gasteiger partial charge in [-0.3, -0.25) is 4.79 Å². The number of benzene rings is 2. The van der Waals surface area contributed by atoms with Crippen LogP contribution in [0.5, 0.6) is 0 Å². The van der Waals surface area contributed by atoms with Gasteiger partial charge in [0.25, 0.3) is 10.2 Å². The summed E-state index contributed by atoms with van der Waals surface area (Å²) in [7, 11) is -2.85. The van der Waals surface area contributed by atoms with Crippen LogP contribution in [-0.2, 0) is 15.0 Å². The largest absolute Gasteiger partial charge is 0.325 e. The summed E-state index contributed by atoms with van der Waals surface area (Å²) in [4.78, 5) is 12.6. The summed E-state index contributed by atoms with van der Waals surface area (Å²) in [6, 6.07) is 4.45. The van der Waals surface area contributed by atoms with Gasteiger partial charge < -0.3 is 5.32 Å². The molecule has 2 atom stereocenters. The van der Waals surface area contributed by atoms with Crippen molar-refractivity contribution in [1.82, 2.24) is 9.03 Å². The van der Waals surface area contributed by atoms with Crippen molar-refractivity contribution in [3.63, 3.8) is 0 Å². The second kappa shape index (κ2) is 7.70. The second-order valence-corrected chi connectivity index (χ2v) is 8.40. The van der Waals surface area contributed by atoms with Gasteiger partial charge in [-0.2, -0.15) is 17.4 Å².